The van der Waals surface area contributed by atoms with Crippen molar-refractivity contribution < 1.29 is 14.3 Å². The molecular formula is C20H38O3. The lowest BCUT2D eigenvalue weighted by Crippen LogP contribution is -2.27. The summed E-state index contributed by atoms with van der Waals surface area (Å²) in [5, 5.41) is 0. The van der Waals surface area contributed by atoms with E-state index in [0.29, 0.717) is 6.61 Å². The molecule has 0 aromatic rings. The number of carbonyl (C=O) groups excluding carboxylic acids is 2. The molecule has 0 aromatic heterocycles. The number of unbranched alkanes of at least 4 members (excludes halogenated alkanes) is 7. The largest absolute Gasteiger partial charge is 0.460 e. The fourth-order valence-corrected chi connectivity index (χ4v) is 3.00. The van der Waals surface area contributed by atoms with Gasteiger partial charge < -0.3 is 4.74 Å². The normalized spacial score (nSPS) is 14.7. The first-order valence-corrected chi connectivity index (χ1v) is 9.96. The van der Waals surface area contributed by atoms with Gasteiger partial charge in [0.15, 0.2) is 0 Å². The van der Waals surface area contributed by atoms with Gasteiger partial charge in [-0.1, -0.05) is 85.0 Å². The van der Waals surface area contributed by atoms with Crippen LogP contribution in [0.15, 0.2) is 0 Å². The lowest BCUT2D eigenvalue weighted by Gasteiger charge is -2.19. The molecule has 0 spiro atoms. The second kappa shape index (κ2) is 16.0. The summed E-state index contributed by atoms with van der Waals surface area (Å²) >= 11 is 0. The molecule has 1 aliphatic carbocycles. The molecule has 1 aliphatic rings. The van der Waals surface area contributed by atoms with Crippen LogP contribution in [0.1, 0.15) is 104 Å². The molecule has 3 nitrogen and oxygen atoms in total. The first-order valence-electron chi connectivity index (χ1n) is 9.96. The third-order valence-corrected chi connectivity index (χ3v) is 4.41. The first kappa shape index (κ1) is 22.1. The van der Waals surface area contributed by atoms with Crippen molar-refractivity contribution in [3.8, 4) is 0 Å². The standard InChI is InChI=1S/C18H32O3.C2H6/c1-2-3-4-5-6-7-8-12-15-21-18(20)17(19)16-13-10-9-11-14-16;1-2/h16H,2-15H2,1H3;1-2H3. The Morgan fingerprint density at radius 2 is 1.35 bits per heavy atom. The van der Waals surface area contributed by atoms with Crippen molar-refractivity contribution >= 4 is 11.8 Å². The fraction of sp³-hybridized carbons (Fsp3) is 0.900. The summed E-state index contributed by atoms with van der Waals surface area (Å²) in [6.07, 6.45) is 14.8. The smallest absolute Gasteiger partial charge is 0.374 e. The minimum atomic E-state index is -0.593. The SMILES string of the molecule is CC.CCCCCCCCCCOC(=O)C(=O)C1CCCCC1. The van der Waals surface area contributed by atoms with Crippen LogP contribution in [0.25, 0.3) is 0 Å². The predicted molar refractivity (Wildman–Crippen MR) is 96.5 cm³/mol. The molecule has 23 heavy (non-hydrogen) atoms. The number of hydrogen-bond acceptors (Lipinski definition) is 3. The summed E-state index contributed by atoms with van der Waals surface area (Å²) in [7, 11) is 0. The van der Waals surface area contributed by atoms with Crippen LogP contribution in [-0.4, -0.2) is 18.4 Å². The maximum Gasteiger partial charge on any atom is 0.374 e. The summed E-state index contributed by atoms with van der Waals surface area (Å²) in [6, 6.07) is 0. The van der Waals surface area contributed by atoms with Gasteiger partial charge in [0.1, 0.15) is 0 Å². The number of Topliss-reactive ketones (excluding diaryl/α,β-unsaturated/α-hetero) is 1. The van der Waals surface area contributed by atoms with Gasteiger partial charge in [-0.25, -0.2) is 4.79 Å². The van der Waals surface area contributed by atoms with E-state index in [-0.39, 0.29) is 11.7 Å². The molecule has 0 atom stereocenters. The van der Waals surface area contributed by atoms with E-state index in [1.54, 1.807) is 0 Å². The average molecular weight is 327 g/mol. The van der Waals surface area contributed by atoms with Crippen molar-refractivity contribution in [2.24, 2.45) is 5.92 Å². The maximum absolute atomic E-state index is 11.9. The van der Waals surface area contributed by atoms with Gasteiger partial charge in [0.05, 0.1) is 6.61 Å². The molecule has 0 aromatic carbocycles. The maximum atomic E-state index is 11.9. The lowest BCUT2D eigenvalue weighted by molar-refractivity contribution is -0.156. The number of rotatable bonds is 11. The van der Waals surface area contributed by atoms with Crippen LogP contribution in [0, 0.1) is 5.92 Å². The first-order chi connectivity index (χ1) is 11.3. The van der Waals surface area contributed by atoms with Crippen molar-refractivity contribution in [2.75, 3.05) is 6.61 Å². The molecule has 0 bridgehead atoms. The van der Waals surface area contributed by atoms with E-state index in [9.17, 15) is 9.59 Å². The molecule has 1 saturated carbocycles. The highest BCUT2D eigenvalue weighted by atomic mass is 16.5. The van der Waals surface area contributed by atoms with Crippen LogP contribution in [0.5, 0.6) is 0 Å². The molecule has 1 fully saturated rings. The molecule has 0 heterocycles. The number of ether oxygens (including phenoxy) is 1. The van der Waals surface area contributed by atoms with E-state index in [4.69, 9.17) is 4.74 Å². The summed E-state index contributed by atoms with van der Waals surface area (Å²) in [4.78, 5) is 23.6. The minimum absolute atomic E-state index is 0.0650. The third-order valence-electron chi connectivity index (χ3n) is 4.41. The second-order valence-electron chi connectivity index (χ2n) is 6.31. The molecule has 0 radical (unpaired) electrons. The van der Waals surface area contributed by atoms with Gasteiger partial charge in [-0.05, 0) is 19.3 Å². The van der Waals surface area contributed by atoms with Crippen molar-refractivity contribution in [1.29, 1.82) is 0 Å². The van der Waals surface area contributed by atoms with Crippen molar-refractivity contribution in [3.63, 3.8) is 0 Å². The zero-order valence-electron chi connectivity index (χ0n) is 15.7. The molecule has 1 rings (SSSR count). The Hall–Kier alpha value is -0.860. The molecular weight excluding hydrogens is 288 g/mol. The molecule has 0 amide bonds. The molecule has 0 N–H and O–H groups in total. The van der Waals surface area contributed by atoms with E-state index in [0.717, 1.165) is 38.5 Å². The Labute approximate surface area is 143 Å². The second-order valence-corrected chi connectivity index (χ2v) is 6.31. The highest BCUT2D eigenvalue weighted by Crippen LogP contribution is 2.24. The van der Waals surface area contributed by atoms with Gasteiger partial charge in [0, 0.05) is 5.92 Å². The molecule has 0 unspecified atom stereocenters. The van der Waals surface area contributed by atoms with Crippen LogP contribution in [0.4, 0.5) is 0 Å². The van der Waals surface area contributed by atoms with Crippen LogP contribution < -0.4 is 0 Å². The third kappa shape index (κ3) is 11.3. The number of esters is 1. The number of carbonyl (C=O) groups is 2. The number of hydrogen-bond donors (Lipinski definition) is 0. The molecule has 136 valence electrons. The van der Waals surface area contributed by atoms with Gasteiger partial charge in [-0.15, -0.1) is 0 Å². The molecule has 3 heteroatoms. The zero-order chi connectivity index (χ0) is 17.3. The minimum Gasteiger partial charge on any atom is -0.460 e. The van der Waals surface area contributed by atoms with Crippen LogP contribution in [-0.2, 0) is 14.3 Å². The van der Waals surface area contributed by atoms with Gasteiger partial charge in [0.2, 0.25) is 5.78 Å². The van der Waals surface area contributed by atoms with Gasteiger partial charge in [-0.2, -0.15) is 0 Å². The zero-order valence-corrected chi connectivity index (χ0v) is 15.7. The van der Waals surface area contributed by atoms with Gasteiger partial charge in [-0.3, -0.25) is 4.79 Å². The molecule has 0 saturated heterocycles. The van der Waals surface area contributed by atoms with Gasteiger partial charge in [0.25, 0.3) is 0 Å². The average Bonchev–Trinajstić information content (AvgIpc) is 2.62. The topological polar surface area (TPSA) is 43.4 Å². The van der Waals surface area contributed by atoms with Crippen LogP contribution in [0.2, 0.25) is 0 Å². The highest BCUT2D eigenvalue weighted by molar-refractivity contribution is 6.34. The van der Waals surface area contributed by atoms with Crippen LogP contribution in [0.3, 0.4) is 0 Å². The Morgan fingerprint density at radius 3 is 1.91 bits per heavy atom. The predicted octanol–water partition coefficient (Wildman–Crippen LogP) is 5.85. The summed E-state index contributed by atoms with van der Waals surface area (Å²) in [5.74, 6) is -0.941. The van der Waals surface area contributed by atoms with Gasteiger partial charge >= 0.3 is 5.97 Å². The summed E-state index contributed by atoms with van der Waals surface area (Å²) in [6.45, 7) is 6.63. The summed E-state index contributed by atoms with van der Waals surface area (Å²) < 4.78 is 5.11. The van der Waals surface area contributed by atoms with Crippen molar-refractivity contribution in [1.82, 2.24) is 0 Å². The van der Waals surface area contributed by atoms with Crippen molar-refractivity contribution in [2.45, 2.75) is 104 Å². The van der Waals surface area contributed by atoms with E-state index in [1.165, 1.54) is 44.9 Å². The summed E-state index contributed by atoms with van der Waals surface area (Å²) in [5.41, 5.74) is 0. The Morgan fingerprint density at radius 1 is 0.826 bits per heavy atom. The van der Waals surface area contributed by atoms with Crippen molar-refractivity contribution in [3.05, 3.63) is 0 Å². The Bertz CT molecular complexity index is 293. The molecule has 0 aliphatic heterocycles. The monoisotopic (exact) mass is 326 g/mol. The Kier molecular flexibility index (Phi) is 15.4. The van der Waals surface area contributed by atoms with E-state index in [1.807, 2.05) is 13.8 Å². The van der Waals surface area contributed by atoms with E-state index < -0.39 is 5.97 Å². The highest BCUT2D eigenvalue weighted by Gasteiger charge is 2.27. The fourth-order valence-electron chi connectivity index (χ4n) is 3.00. The lowest BCUT2D eigenvalue weighted by atomic mass is 9.86. The van der Waals surface area contributed by atoms with Crippen LogP contribution >= 0.6 is 0 Å². The van der Waals surface area contributed by atoms with E-state index >= 15 is 0 Å². The Balaban J connectivity index is 0.00000232. The quantitative estimate of drug-likeness (QED) is 0.272. The van der Waals surface area contributed by atoms with E-state index in [2.05, 4.69) is 6.92 Å². The number of ketones is 1.